The van der Waals surface area contributed by atoms with Gasteiger partial charge < -0.3 is 19.9 Å². The number of nitrogens with one attached hydrogen (secondary N) is 2. The first-order valence-corrected chi connectivity index (χ1v) is 9.21. The van der Waals surface area contributed by atoms with Crippen LogP contribution in [0.15, 0.2) is 48.7 Å². The van der Waals surface area contributed by atoms with Gasteiger partial charge in [0.05, 0.1) is 24.0 Å². The summed E-state index contributed by atoms with van der Waals surface area (Å²) in [6, 6.07) is 14.0. The highest BCUT2D eigenvalue weighted by Gasteiger charge is 2.30. The molecule has 6 heteroatoms. The Morgan fingerprint density at radius 3 is 2.89 bits per heavy atom. The van der Waals surface area contributed by atoms with Crippen LogP contribution in [0.2, 0.25) is 0 Å². The normalized spacial score (nSPS) is 20.5. The summed E-state index contributed by atoms with van der Waals surface area (Å²) in [6.45, 7) is 1.75. The summed E-state index contributed by atoms with van der Waals surface area (Å²) in [5.41, 5.74) is 5.38. The van der Waals surface area contributed by atoms with Gasteiger partial charge in [0, 0.05) is 24.1 Å². The summed E-state index contributed by atoms with van der Waals surface area (Å²) in [6.07, 6.45) is 2.10. The van der Waals surface area contributed by atoms with Crippen LogP contribution in [0, 0.1) is 0 Å². The molecule has 0 unspecified atom stereocenters. The summed E-state index contributed by atoms with van der Waals surface area (Å²) >= 11 is 0. The van der Waals surface area contributed by atoms with Gasteiger partial charge in [-0.25, -0.2) is 0 Å². The molecule has 0 amide bonds. The molecule has 0 fully saturated rings. The minimum Gasteiger partial charge on any atom is -0.486 e. The van der Waals surface area contributed by atoms with E-state index in [1.165, 1.54) is 11.1 Å². The van der Waals surface area contributed by atoms with Gasteiger partial charge in [-0.3, -0.25) is 5.10 Å². The van der Waals surface area contributed by atoms with Crippen LogP contribution >= 0.6 is 0 Å². The van der Waals surface area contributed by atoms with Crippen molar-refractivity contribution in [1.82, 2.24) is 15.5 Å². The van der Waals surface area contributed by atoms with E-state index in [0.29, 0.717) is 26.2 Å². The molecule has 138 valence electrons. The summed E-state index contributed by atoms with van der Waals surface area (Å²) in [4.78, 5) is 0. The maximum absolute atomic E-state index is 10.4. The van der Waals surface area contributed by atoms with Gasteiger partial charge in [-0.05, 0) is 29.3 Å². The van der Waals surface area contributed by atoms with Crippen molar-refractivity contribution in [3.63, 3.8) is 0 Å². The minimum atomic E-state index is -0.410. The van der Waals surface area contributed by atoms with E-state index in [1.807, 2.05) is 36.5 Å². The molecular formula is C21H21N3O3. The Morgan fingerprint density at radius 2 is 1.96 bits per heavy atom. The van der Waals surface area contributed by atoms with E-state index in [1.54, 1.807) is 0 Å². The van der Waals surface area contributed by atoms with Crippen molar-refractivity contribution in [3.05, 3.63) is 65.4 Å². The van der Waals surface area contributed by atoms with Crippen molar-refractivity contribution in [2.45, 2.75) is 25.1 Å². The van der Waals surface area contributed by atoms with Crippen LogP contribution in [0.25, 0.3) is 11.3 Å². The second kappa shape index (κ2) is 6.72. The van der Waals surface area contributed by atoms with Crippen molar-refractivity contribution >= 4 is 0 Å². The lowest BCUT2D eigenvalue weighted by molar-refractivity contribution is 0.140. The molecule has 0 saturated carbocycles. The highest BCUT2D eigenvalue weighted by Crippen LogP contribution is 2.35. The molecule has 2 aliphatic rings. The van der Waals surface area contributed by atoms with Crippen molar-refractivity contribution in [1.29, 1.82) is 0 Å². The Bertz CT molecular complexity index is 969. The first kappa shape index (κ1) is 16.4. The van der Waals surface area contributed by atoms with E-state index in [-0.39, 0.29) is 6.04 Å². The fraction of sp³-hybridized carbons (Fsp3) is 0.286. The van der Waals surface area contributed by atoms with Crippen LogP contribution in [0.1, 0.15) is 22.7 Å². The minimum absolute atomic E-state index is 0.0655. The van der Waals surface area contributed by atoms with E-state index >= 15 is 0 Å². The topological polar surface area (TPSA) is 79.4 Å². The Kier molecular flexibility index (Phi) is 4.07. The van der Waals surface area contributed by atoms with Crippen LogP contribution in [-0.4, -0.2) is 34.6 Å². The van der Waals surface area contributed by atoms with Crippen molar-refractivity contribution in [2.75, 3.05) is 13.2 Å². The molecule has 0 spiro atoms. The molecule has 2 heterocycles. The monoisotopic (exact) mass is 363 g/mol. The predicted molar refractivity (Wildman–Crippen MR) is 101 cm³/mol. The number of H-pyrrole nitrogens is 1. The Labute approximate surface area is 157 Å². The first-order chi connectivity index (χ1) is 13.3. The molecule has 5 rings (SSSR count). The SMILES string of the molecule is O[C@H]1Cc2ccccc2[C@H]1NCc1cn[nH]c1-c1ccc2c(c1)OCCO2. The maximum atomic E-state index is 10.4. The number of aliphatic hydroxyl groups is 1. The fourth-order valence-electron chi connectivity index (χ4n) is 3.93. The van der Waals surface area contributed by atoms with Gasteiger partial charge in [0.15, 0.2) is 11.5 Å². The van der Waals surface area contributed by atoms with Gasteiger partial charge in [-0.2, -0.15) is 5.10 Å². The Hall–Kier alpha value is -2.83. The van der Waals surface area contributed by atoms with Crippen LogP contribution in [0.3, 0.4) is 0 Å². The third-order valence-electron chi connectivity index (χ3n) is 5.27. The van der Waals surface area contributed by atoms with Gasteiger partial charge in [0.2, 0.25) is 0 Å². The number of aromatic nitrogens is 2. The lowest BCUT2D eigenvalue weighted by Crippen LogP contribution is -2.28. The highest BCUT2D eigenvalue weighted by molar-refractivity contribution is 5.66. The number of nitrogens with zero attached hydrogens (tertiary/aromatic N) is 1. The number of ether oxygens (including phenoxy) is 2. The zero-order chi connectivity index (χ0) is 18.2. The molecule has 2 atom stereocenters. The van der Waals surface area contributed by atoms with E-state index in [4.69, 9.17) is 9.47 Å². The summed E-state index contributed by atoms with van der Waals surface area (Å²) in [5, 5.41) is 21.2. The van der Waals surface area contributed by atoms with Crippen LogP contribution in [-0.2, 0) is 13.0 Å². The van der Waals surface area contributed by atoms with Crippen molar-refractivity contribution in [3.8, 4) is 22.8 Å². The van der Waals surface area contributed by atoms with E-state index in [9.17, 15) is 5.11 Å². The van der Waals surface area contributed by atoms with Gasteiger partial charge in [-0.15, -0.1) is 0 Å². The molecule has 0 radical (unpaired) electrons. The second-order valence-corrected chi connectivity index (χ2v) is 6.96. The lowest BCUT2D eigenvalue weighted by Gasteiger charge is -2.19. The lowest BCUT2D eigenvalue weighted by atomic mass is 10.1. The summed E-state index contributed by atoms with van der Waals surface area (Å²) in [7, 11) is 0. The zero-order valence-electron chi connectivity index (χ0n) is 14.8. The molecule has 3 aromatic rings. The number of aliphatic hydroxyl groups excluding tert-OH is 1. The average Bonchev–Trinajstić information content (AvgIpc) is 3.29. The molecule has 1 aromatic heterocycles. The Balaban J connectivity index is 1.37. The molecule has 27 heavy (non-hydrogen) atoms. The van der Waals surface area contributed by atoms with Crippen molar-refractivity contribution in [2.24, 2.45) is 0 Å². The first-order valence-electron chi connectivity index (χ1n) is 9.21. The number of hydrogen-bond acceptors (Lipinski definition) is 5. The standard InChI is InChI=1S/C21H21N3O3/c25-17-9-13-3-1-2-4-16(13)21(17)22-11-15-12-23-24-20(15)14-5-6-18-19(10-14)27-8-7-26-18/h1-6,10,12,17,21-22,25H,7-9,11H2,(H,23,24)/t17-,21+/m0/s1. The number of rotatable bonds is 4. The number of fused-ring (bicyclic) bond motifs is 2. The molecular weight excluding hydrogens is 342 g/mol. The molecule has 2 aromatic carbocycles. The van der Waals surface area contributed by atoms with E-state index in [2.05, 4.69) is 27.6 Å². The van der Waals surface area contributed by atoms with E-state index in [0.717, 1.165) is 28.3 Å². The highest BCUT2D eigenvalue weighted by atomic mass is 16.6. The smallest absolute Gasteiger partial charge is 0.162 e. The van der Waals surface area contributed by atoms with Gasteiger partial charge >= 0.3 is 0 Å². The predicted octanol–water partition coefficient (Wildman–Crippen LogP) is 2.60. The van der Waals surface area contributed by atoms with Gasteiger partial charge in [0.25, 0.3) is 0 Å². The van der Waals surface area contributed by atoms with Gasteiger partial charge in [-0.1, -0.05) is 24.3 Å². The third-order valence-corrected chi connectivity index (χ3v) is 5.27. The van der Waals surface area contributed by atoms with Crippen LogP contribution in [0.5, 0.6) is 11.5 Å². The third kappa shape index (κ3) is 2.97. The fourth-order valence-corrected chi connectivity index (χ4v) is 3.93. The Morgan fingerprint density at radius 1 is 1.11 bits per heavy atom. The van der Waals surface area contributed by atoms with Crippen molar-refractivity contribution < 1.29 is 14.6 Å². The molecule has 6 nitrogen and oxygen atoms in total. The van der Waals surface area contributed by atoms with Crippen LogP contribution in [0.4, 0.5) is 0 Å². The number of hydrogen-bond donors (Lipinski definition) is 3. The van der Waals surface area contributed by atoms with Crippen LogP contribution < -0.4 is 14.8 Å². The van der Waals surface area contributed by atoms with E-state index < -0.39 is 6.10 Å². The zero-order valence-corrected chi connectivity index (χ0v) is 14.8. The molecule has 0 saturated heterocycles. The summed E-state index contributed by atoms with van der Waals surface area (Å²) < 4.78 is 11.3. The quantitative estimate of drug-likeness (QED) is 0.664. The largest absolute Gasteiger partial charge is 0.486 e. The maximum Gasteiger partial charge on any atom is 0.162 e. The summed E-state index contributed by atoms with van der Waals surface area (Å²) in [5.74, 6) is 1.53. The van der Waals surface area contributed by atoms with Gasteiger partial charge in [0.1, 0.15) is 13.2 Å². The molecule has 1 aliphatic heterocycles. The number of benzene rings is 2. The molecule has 0 bridgehead atoms. The second-order valence-electron chi connectivity index (χ2n) is 6.96. The number of aromatic amines is 1. The molecule has 1 aliphatic carbocycles. The average molecular weight is 363 g/mol. The molecule has 3 N–H and O–H groups in total.